The van der Waals surface area contributed by atoms with Crippen molar-refractivity contribution in [2.24, 2.45) is 0 Å². The molecule has 0 radical (unpaired) electrons. The van der Waals surface area contributed by atoms with E-state index in [-0.39, 0.29) is 12.0 Å². The molecule has 0 unspecified atom stereocenters. The number of nitrogens with one attached hydrogen (secondary N) is 1. The molecule has 1 aromatic heterocycles. The van der Waals surface area contributed by atoms with Gasteiger partial charge in [0.25, 0.3) is 5.91 Å². The van der Waals surface area contributed by atoms with Gasteiger partial charge in [-0.05, 0) is 80.8 Å². The number of benzene rings is 3. The lowest BCUT2D eigenvalue weighted by Gasteiger charge is -2.10. The van der Waals surface area contributed by atoms with Crippen LogP contribution in [0, 0.1) is 13.8 Å². The highest BCUT2D eigenvalue weighted by molar-refractivity contribution is 7.16. The number of ether oxygens (including phenoxy) is 2. The van der Waals surface area contributed by atoms with Gasteiger partial charge in [-0.2, -0.15) is 0 Å². The van der Waals surface area contributed by atoms with Gasteiger partial charge >= 0.3 is 0 Å². The fourth-order valence-corrected chi connectivity index (χ4v) is 4.72. The van der Waals surface area contributed by atoms with Crippen molar-refractivity contribution in [3.8, 4) is 22.8 Å². The molecule has 1 heterocycles. The van der Waals surface area contributed by atoms with E-state index in [2.05, 4.69) is 11.4 Å². The second-order valence-electron chi connectivity index (χ2n) is 8.72. The first-order valence-electron chi connectivity index (χ1n) is 11.8. The Kier molecular flexibility index (Phi) is 7.86. The van der Waals surface area contributed by atoms with Crippen LogP contribution in [-0.4, -0.2) is 24.1 Å². The normalized spacial score (nSPS) is 11.4. The highest BCUT2D eigenvalue weighted by atomic mass is 32.1. The Balaban J connectivity index is 1.62. The Labute approximate surface area is 216 Å². The van der Waals surface area contributed by atoms with Crippen LogP contribution in [0.2, 0.25) is 0 Å². The molecular weight excluding hydrogens is 468 g/mol. The predicted molar refractivity (Wildman–Crippen MR) is 149 cm³/mol. The van der Waals surface area contributed by atoms with E-state index in [0.717, 1.165) is 44.3 Å². The van der Waals surface area contributed by atoms with Crippen LogP contribution in [0.15, 0.2) is 72.8 Å². The largest absolute Gasteiger partial charge is 0.496 e. The number of amides is 1. The van der Waals surface area contributed by atoms with E-state index in [4.69, 9.17) is 14.5 Å². The summed E-state index contributed by atoms with van der Waals surface area (Å²) in [7, 11) is 1.66. The number of anilines is 1. The molecule has 0 aliphatic carbocycles. The van der Waals surface area contributed by atoms with Crippen LogP contribution in [0.25, 0.3) is 22.9 Å². The number of hydrogen-bond donors (Lipinski definition) is 1. The van der Waals surface area contributed by atoms with Crippen LogP contribution in [0.5, 0.6) is 11.5 Å². The van der Waals surface area contributed by atoms with Crippen molar-refractivity contribution < 1.29 is 14.3 Å². The van der Waals surface area contributed by atoms with Crippen molar-refractivity contribution in [2.75, 3.05) is 12.4 Å². The third-order valence-corrected chi connectivity index (χ3v) is 6.46. The standard InChI is InChI=1S/C30H30N2O3S/c1-19(2)35-25-14-11-22(12-15-25)18-26(23-9-7-6-8-10-23)29(33)32-30-31-28(21(4)36-30)24-13-16-27(34-5)20(3)17-24/h6-19H,1-5H3,(H,31,32,33)/b26-18+. The molecule has 0 fully saturated rings. The molecule has 0 spiro atoms. The molecule has 4 rings (SSSR count). The Bertz CT molecular complexity index is 1370. The molecule has 4 aromatic rings. The first-order valence-corrected chi connectivity index (χ1v) is 12.6. The van der Waals surface area contributed by atoms with Gasteiger partial charge in [0.15, 0.2) is 5.13 Å². The first-order chi connectivity index (χ1) is 17.3. The first kappa shape index (κ1) is 25.2. The van der Waals surface area contributed by atoms with Gasteiger partial charge in [0.1, 0.15) is 11.5 Å². The quantitative estimate of drug-likeness (QED) is 0.203. The monoisotopic (exact) mass is 498 g/mol. The van der Waals surface area contributed by atoms with Crippen LogP contribution in [0.3, 0.4) is 0 Å². The summed E-state index contributed by atoms with van der Waals surface area (Å²) in [5.74, 6) is 1.42. The van der Waals surface area contributed by atoms with E-state index in [1.165, 1.54) is 11.3 Å². The van der Waals surface area contributed by atoms with Crippen LogP contribution in [0.4, 0.5) is 5.13 Å². The number of nitrogens with zero attached hydrogens (tertiary/aromatic N) is 1. The molecule has 0 atom stereocenters. The molecule has 1 N–H and O–H groups in total. The summed E-state index contributed by atoms with van der Waals surface area (Å²) in [6.45, 7) is 8.00. The highest BCUT2D eigenvalue weighted by Gasteiger charge is 2.17. The molecule has 0 saturated heterocycles. The van der Waals surface area contributed by atoms with Gasteiger partial charge in [-0.1, -0.05) is 42.5 Å². The van der Waals surface area contributed by atoms with Gasteiger partial charge in [0.2, 0.25) is 0 Å². The average molecular weight is 499 g/mol. The van der Waals surface area contributed by atoms with E-state index in [0.29, 0.717) is 10.7 Å². The maximum atomic E-state index is 13.5. The summed E-state index contributed by atoms with van der Waals surface area (Å²) in [4.78, 5) is 19.2. The second-order valence-corrected chi connectivity index (χ2v) is 9.93. The number of thiazole rings is 1. The third kappa shape index (κ3) is 6.01. The molecule has 0 aliphatic rings. The van der Waals surface area contributed by atoms with Gasteiger partial charge < -0.3 is 9.47 Å². The minimum atomic E-state index is -0.213. The van der Waals surface area contributed by atoms with Crippen molar-refractivity contribution in [3.05, 3.63) is 94.4 Å². The van der Waals surface area contributed by atoms with Gasteiger partial charge in [-0.15, -0.1) is 11.3 Å². The molecule has 0 aliphatic heterocycles. The topological polar surface area (TPSA) is 60.5 Å². The average Bonchev–Trinajstić information content (AvgIpc) is 3.23. The molecule has 3 aromatic carbocycles. The SMILES string of the molecule is COc1ccc(-c2nc(NC(=O)/C(=C/c3ccc(OC(C)C)cc3)c3ccccc3)sc2C)cc1C. The number of aryl methyl sites for hydroxylation is 2. The van der Waals surface area contributed by atoms with Crippen LogP contribution >= 0.6 is 11.3 Å². The van der Waals surface area contributed by atoms with E-state index in [1.807, 2.05) is 101 Å². The van der Waals surface area contributed by atoms with Crippen molar-refractivity contribution in [3.63, 3.8) is 0 Å². The van der Waals surface area contributed by atoms with Crippen LogP contribution in [0.1, 0.15) is 35.4 Å². The molecule has 0 bridgehead atoms. The zero-order valence-corrected chi connectivity index (χ0v) is 22.0. The number of carbonyl (C=O) groups is 1. The van der Waals surface area contributed by atoms with Gasteiger partial charge in [0.05, 0.1) is 18.9 Å². The zero-order valence-electron chi connectivity index (χ0n) is 21.2. The summed E-state index contributed by atoms with van der Waals surface area (Å²) in [5.41, 5.74) is 5.17. The van der Waals surface area contributed by atoms with Crippen molar-refractivity contribution in [2.45, 2.75) is 33.8 Å². The molecule has 5 nitrogen and oxygen atoms in total. The molecule has 6 heteroatoms. The maximum Gasteiger partial charge on any atom is 0.258 e. The Morgan fingerprint density at radius 3 is 2.36 bits per heavy atom. The molecular formula is C30H30N2O3S. The minimum absolute atomic E-state index is 0.102. The summed E-state index contributed by atoms with van der Waals surface area (Å²) in [5, 5.41) is 3.58. The summed E-state index contributed by atoms with van der Waals surface area (Å²) < 4.78 is 11.1. The van der Waals surface area contributed by atoms with Crippen molar-refractivity contribution in [1.82, 2.24) is 4.98 Å². The third-order valence-electron chi connectivity index (χ3n) is 5.58. The summed E-state index contributed by atoms with van der Waals surface area (Å²) in [6, 6.07) is 23.4. The van der Waals surface area contributed by atoms with E-state index in [1.54, 1.807) is 7.11 Å². The van der Waals surface area contributed by atoms with Crippen molar-refractivity contribution >= 4 is 34.0 Å². The Morgan fingerprint density at radius 2 is 1.72 bits per heavy atom. The molecule has 36 heavy (non-hydrogen) atoms. The van der Waals surface area contributed by atoms with Gasteiger partial charge in [-0.25, -0.2) is 4.98 Å². The lowest BCUT2D eigenvalue weighted by atomic mass is 10.0. The number of rotatable bonds is 8. The Morgan fingerprint density at radius 1 is 1.00 bits per heavy atom. The highest BCUT2D eigenvalue weighted by Crippen LogP contribution is 2.33. The van der Waals surface area contributed by atoms with E-state index >= 15 is 0 Å². The lowest BCUT2D eigenvalue weighted by molar-refractivity contribution is -0.111. The lowest BCUT2D eigenvalue weighted by Crippen LogP contribution is -2.13. The minimum Gasteiger partial charge on any atom is -0.496 e. The van der Waals surface area contributed by atoms with Crippen molar-refractivity contribution in [1.29, 1.82) is 0 Å². The number of hydrogen-bond acceptors (Lipinski definition) is 5. The number of aromatic nitrogens is 1. The van der Waals surface area contributed by atoms with E-state index in [9.17, 15) is 4.79 Å². The predicted octanol–water partition coefficient (Wildman–Crippen LogP) is 7.40. The molecule has 0 saturated carbocycles. The van der Waals surface area contributed by atoms with E-state index < -0.39 is 0 Å². The Hall–Kier alpha value is -3.90. The summed E-state index contributed by atoms with van der Waals surface area (Å²) >= 11 is 1.46. The van der Waals surface area contributed by atoms with Crippen LogP contribution < -0.4 is 14.8 Å². The van der Waals surface area contributed by atoms with Gasteiger partial charge in [0, 0.05) is 16.0 Å². The molecule has 1 amide bonds. The molecule has 184 valence electrons. The van der Waals surface area contributed by atoms with Gasteiger partial charge in [-0.3, -0.25) is 10.1 Å². The fourth-order valence-electron chi connectivity index (χ4n) is 3.89. The smallest absolute Gasteiger partial charge is 0.258 e. The second kappa shape index (κ2) is 11.2. The fraction of sp³-hybridized carbons (Fsp3) is 0.200. The maximum absolute atomic E-state index is 13.5. The zero-order chi connectivity index (χ0) is 25.7. The number of methoxy groups -OCH3 is 1. The van der Waals surface area contributed by atoms with Crippen LogP contribution in [-0.2, 0) is 4.79 Å². The summed E-state index contributed by atoms with van der Waals surface area (Å²) in [6.07, 6.45) is 1.99. The number of carbonyl (C=O) groups excluding carboxylic acids is 1.